The molecule has 0 bridgehead atoms. The van der Waals surface area contributed by atoms with Gasteiger partial charge in [0, 0.05) is 13.1 Å². The van der Waals surface area contributed by atoms with Crippen LogP contribution in [0.5, 0.6) is 5.75 Å². The first-order valence-electron chi connectivity index (χ1n) is 10.3. The van der Waals surface area contributed by atoms with Crippen LogP contribution in [0.25, 0.3) is 5.57 Å². The van der Waals surface area contributed by atoms with E-state index >= 15 is 0 Å². The number of nitrogens with zero attached hydrogens (tertiary/aromatic N) is 3. The van der Waals surface area contributed by atoms with Crippen molar-refractivity contribution in [3.05, 3.63) is 65.4 Å². The molecule has 30 heavy (non-hydrogen) atoms. The fourth-order valence-electron chi connectivity index (χ4n) is 3.99. The van der Waals surface area contributed by atoms with Crippen molar-refractivity contribution >= 4 is 23.1 Å². The number of carbonyl (C=O) groups excluding carboxylic acids is 2. The van der Waals surface area contributed by atoms with Gasteiger partial charge in [0.15, 0.2) is 0 Å². The summed E-state index contributed by atoms with van der Waals surface area (Å²) in [4.78, 5) is 30.2. The normalized spacial score (nSPS) is 16.8. The van der Waals surface area contributed by atoms with E-state index in [1.807, 2.05) is 36.1 Å². The molecule has 2 heterocycles. The maximum absolute atomic E-state index is 13.5. The second-order valence-corrected chi connectivity index (χ2v) is 7.33. The van der Waals surface area contributed by atoms with Gasteiger partial charge in [-0.2, -0.15) is 5.26 Å². The van der Waals surface area contributed by atoms with E-state index in [2.05, 4.69) is 6.07 Å². The molecular weight excluding hydrogens is 378 g/mol. The lowest BCUT2D eigenvalue weighted by molar-refractivity contribution is -0.120. The Morgan fingerprint density at radius 1 is 0.933 bits per heavy atom. The first-order chi connectivity index (χ1) is 14.6. The molecule has 0 radical (unpaired) electrons. The van der Waals surface area contributed by atoms with Gasteiger partial charge in [0.05, 0.1) is 29.5 Å². The summed E-state index contributed by atoms with van der Waals surface area (Å²) in [5, 5.41) is 9.04. The quantitative estimate of drug-likeness (QED) is 0.714. The van der Waals surface area contributed by atoms with Crippen LogP contribution in [-0.2, 0) is 9.59 Å². The molecule has 2 aliphatic heterocycles. The van der Waals surface area contributed by atoms with Gasteiger partial charge in [-0.3, -0.25) is 9.59 Å². The zero-order chi connectivity index (χ0) is 21.1. The highest BCUT2D eigenvalue weighted by molar-refractivity contribution is 6.45. The summed E-state index contributed by atoms with van der Waals surface area (Å²) in [6.07, 6.45) is 3.13. The molecule has 1 saturated heterocycles. The van der Waals surface area contributed by atoms with Gasteiger partial charge in [-0.1, -0.05) is 12.1 Å². The fourth-order valence-corrected chi connectivity index (χ4v) is 3.99. The lowest BCUT2D eigenvalue weighted by Crippen LogP contribution is -2.37. The van der Waals surface area contributed by atoms with Crippen LogP contribution >= 0.6 is 0 Å². The van der Waals surface area contributed by atoms with Crippen LogP contribution in [0.15, 0.2) is 54.2 Å². The van der Waals surface area contributed by atoms with Crippen LogP contribution in [0.4, 0.5) is 5.69 Å². The number of likely N-dealkylation sites (tertiary alicyclic amines) is 1. The molecule has 2 aliphatic rings. The first-order valence-corrected chi connectivity index (χ1v) is 10.3. The van der Waals surface area contributed by atoms with Crippen LogP contribution in [0, 0.1) is 11.3 Å². The van der Waals surface area contributed by atoms with Crippen molar-refractivity contribution in [2.75, 3.05) is 24.6 Å². The third-order valence-corrected chi connectivity index (χ3v) is 5.44. The summed E-state index contributed by atoms with van der Waals surface area (Å²) in [5.74, 6) is 0.0760. The Morgan fingerprint density at radius 3 is 2.20 bits per heavy atom. The number of piperidine rings is 1. The maximum atomic E-state index is 13.5. The third kappa shape index (κ3) is 3.55. The zero-order valence-electron chi connectivity index (χ0n) is 16.9. The molecule has 0 N–H and O–H groups in total. The molecule has 1 fully saturated rings. The number of hydrogen-bond acceptors (Lipinski definition) is 5. The zero-order valence-corrected chi connectivity index (χ0v) is 16.9. The summed E-state index contributed by atoms with van der Waals surface area (Å²) in [6.45, 7) is 4.00. The molecule has 6 nitrogen and oxygen atoms in total. The topological polar surface area (TPSA) is 73.6 Å². The van der Waals surface area contributed by atoms with Gasteiger partial charge in [-0.25, -0.2) is 4.90 Å². The molecule has 0 atom stereocenters. The Morgan fingerprint density at radius 2 is 1.60 bits per heavy atom. The summed E-state index contributed by atoms with van der Waals surface area (Å²) in [5.41, 5.74) is 2.55. The molecule has 0 aromatic heterocycles. The molecular formula is C24H23N3O3. The van der Waals surface area contributed by atoms with E-state index in [4.69, 9.17) is 10.00 Å². The second-order valence-electron chi connectivity index (χ2n) is 7.33. The van der Waals surface area contributed by atoms with E-state index in [0.717, 1.165) is 38.1 Å². The SMILES string of the molecule is CCOc1ccc(C2=C(N3CCCCC3)C(=O)N(c3ccc(C#N)cc3)C2=O)cc1. The number of hydrogen-bond donors (Lipinski definition) is 0. The maximum Gasteiger partial charge on any atom is 0.282 e. The van der Waals surface area contributed by atoms with Crippen LogP contribution in [0.2, 0.25) is 0 Å². The number of benzene rings is 2. The summed E-state index contributed by atoms with van der Waals surface area (Å²) in [7, 11) is 0. The summed E-state index contributed by atoms with van der Waals surface area (Å²) >= 11 is 0. The van der Waals surface area contributed by atoms with Gasteiger partial charge in [0.2, 0.25) is 0 Å². The minimum atomic E-state index is -0.338. The third-order valence-electron chi connectivity index (χ3n) is 5.44. The van der Waals surface area contributed by atoms with Crippen molar-refractivity contribution in [3.63, 3.8) is 0 Å². The lowest BCUT2D eigenvalue weighted by atomic mass is 10.0. The minimum Gasteiger partial charge on any atom is -0.494 e. The largest absolute Gasteiger partial charge is 0.494 e. The highest BCUT2D eigenvalue weighted by Crippen LogP contribution is 2.36. The Kier molecular flexibility index (Phi) is 5.53. The van der Waals surface area contributed by atoms with Crippen LogP contribution in [0.1, 0.15) is 37.3 Å². The van der Waals surface area contributed by atoms with E-state index in [9.17, 15) is 9.59 Å². The first kappa shape index (κ1) is 19.7. The van der Waals surface area contributed by atoms with E-state index in [1.54, 1.807) is 24.3 Å². The smallest absolute Gasteiger partial charge is 0.282 e. The van der Waals surface area contributed by atoms with Gasteiger partial charge >= 0.3 is 0 Å². The molecule has 0 spiro atoms. The molecule has 2 amide bonds. The molecule has 0 saturated carbocycles. The van der Waals surface area contributed by atoms with Crippen molar-refractivity contribution in [2.45, 2.75) is 26.2 Å². The van der Waals surface area contributed by atoms with Gasteiger partial charge in [0.1, 0.15) is 11.4 Å². The highest BCUT2D eigenvalue weighted by atomic mass is 16.5. The molecule has 152 valence electrons. The van der Waals surface area contributed by atoms with Crippen molar-refractivity contribution in [1.29, 1.82) is 5.26 Å². The molecule has 0 unspecified atom stereocenters. The lowest BCUT2D eigenvalue weighted by Gasteiger charge is -2.29. The minimum absolute atomic E-state index is 0.310. The van der Waals surface area contributed by atoms with Crippen molar-refractivity contribution in [2.24, 2.45) is 0 Å². The Balaban J connectivity index is 1.76. The van der Waals surface area contributed by atoms with Gasteiger partial charge < -0.3 is 9.64 Å². The van der Waals surface area contributed by atoms with Crippen molar-refractivity contribution in [3.8, 4) is 11.8 Å². The van der Waals surface area contributed by atoms with E-state index < -0.39 is 0 Å². The predicted molar refractivity (Wildman–Crippen MR) is 114 cm³/mol. The Bertz CT molecular complexity index is 1030. The summed E-state index contributed by atoms with van der Waals surface area (Å²) < 4.78 is 5.51. The van der Waals surface area contributed by atoms with Gasteiger partial charge in [-0.15, -0.1) is 0 Å². The number of amides is 2. The summed E-state index contributed by atoms with van der Waals surface area (Å²) in [6, 6.07) is 15.9. The van der Waals surface area contributed by atoms with E-state index in [1.165, 1.54) is 4.90 Å². The van der Waals surface area contributed by atoms with Crippen molar-refractivity contribution in [1.82, 2.24) is 4.90 Å². The van der Waals surface area contributed by atoms with Crippen LogP contribution in [-0.4, -0.2) is 36.4 Å². The number of carbonyl (C=O) groups is 2. The predicted octanol–water partition coefficient (Wildman–Crippen LogP) is 3.73. The molecule has 6 heteroatoms. The number of rotatable bonds is 5. The monoisotopic (exact) mass is 401 g/mol. The van der Waals surface area contributed by atoms with Gasteiger partial charge in [-0.05, 0) is 68.1 Å². The average molecular weight is 401 g/mol. The van der Waals surface area contributed by atoms with Crippen LogP contribution in [0.3, 0.4) is 0 Å². The molecule has 0 aliphatic carbocycles. The average Bonchev–Trinajstić information content (AvgIpc) is 3.05. The van der Waals surface area contributed by atoms with E-state index in [0.29, 0.717) is 34.7 Å². The molecule has 4 rings (SSSR count). The Hall–Kier alpha value is -3.59. The van der Waals surface area contributed by atoms with Crippen LogP contribution < -0.4 is 9.64 Å². The molecule has 2 aromatic rings. The standard InChI is InChI=1S/C24H23N3O3/c1-2-30-20-12-8-18(9-13-20)21-22(26-14-4-3-5-15-26)24(29)27(23(21)28)19-10-6-17(16-25)7-11-19/h6-13H,2-5,14-15H2,1H3. The van der Waals surface area contributed by atoms with E-state index in [-0.39, 0.29) is 11.8 Å². The Labute approximate surface area is 176 Å². The van der Waals surface area contributed by atoms with Crippen molar-refractivity contribution < 1.29 is 14.3 Å². The second kappa shape index (κ2) is 8.42. The number of nitriles is 1. The number of imide groups is 1. The number of anilines is 1. The fraction of sp³-hybridized carbons (Fsp3) is 0.292. The molecule has 2 aromatic carbocycles. The highest BCUT2D eigenvalue weighted by Gasteiger charge is 2.42. The van der Waals surface area contributed by atoms with Gasteiger partial charge in [0.25, 0.3) is 11.8 Å². The number of ether oxygens (including phenoxy) is 1.